The third kappa shape index (κ3) is 3.61. The Morgan fingerprint density at radius 1 is 1.10 bits per heavy atom. The van der Waals surface area contributed by atoms with Gasteiger partial charge in [0, 0.05) is 17.5 Å². The summed E-state index contributed by atoms with van der Waals surface area (Å²) in [4.78, 5) is 12.2. The predicted molar refractivity (Wildman–Crippen MR) is 80.3 cm³/mol. The molecular weight excluding hydrogens is 290 g/mol. The van der Waals surface area contributed by atoms with Crippen LogP contribution in [-0.2, 0) is 9.84 Å². The lowest BCUT2D eigenvalue weighted by atomic mass is 10.1. The SMILES string of the molecule is Cc1cc(NC(=O)c2ccc(S(C)(=O)=O)cc2)ccc1O. The van der Waals surface area contributed by atoms with E-state index in [1.54, 1.807) is 19.1 Å². The van der Waals surface area contributed by atoms with Crippen molar-refractivity contribution in [1.82, 2.24) is 0 Å². The van der Waals surface area contributed by atoms with Crippen molar-refractivity contribution in [3.8, 4) is 5.75 Å². The van der Waals surface area contributed by atoms with E-state index in [1.807, 2.05) is 0 Å². The van der Waals surface area contributed by atoms with Gasteiger partial charge in [0.2, 0.25) is 0 Å². The van der Waals surface area contributed by atoms with Gasteiger partial charge in [0.25, 0.3) is 5.91 Å². The number of sulfone groups is 1. The number of carbonyl (C=O) groups is 1. The zero-order chi connectivity index (χ0) is 15.6. The van der Waals surface area contributed by atoms with E-state index in [0.717, 1.165) is 6.26 Å². The smallest absolute Gasteiger partial charge is 0.255 e. The van der Waals surface area contributed by atoms with Crippen LogP contribution in [0, 0.1) is 6.92 Å². The quantitative estimate of drug-likeness (QED) is 0.853. The summed E-state index contributed by atoms with van der Waals surface area (Å²) in [6, 6.07) is 10.4. The Morgan fingerprint density at radius 3 is 2.24 bits per heavy atom. The highest BCUT2D eigenvalue weighted by atomic mass is 32.2. The molecule has 0 saturated heterocycles. The molecular formula is C15H15NO4S. The van der Waals surface area contributed by atoms with E-state index in [9.17, 15) is 18.3 Å². The van der Waals surface area contributed by atoms with Crippen LogP contribution >= 0.6 is 0 Å². The molecule has 0 heterocycles. The number of carbonyl (C=O) groups excluding carboxylic acids is 1. The maximum absolute atomic E-state index is 12.0. The van der Waals surface area contributed by atoms with E-state index in [-0.39, 0.29) is 16.6 Å². The van der Waals surface area contributed by atoms with Gasteiger partial charge >= 0.3 is 0 Å². The molecule has 2 aromatic rings. The summed E-state index contributed by atoms with van der Waals surface area (Å²) in [5, 5.41) is 12.1. The number of phenols is 1. The highest BCUT2D eigenvalue weighted by molar-refractivity contribution is 7.90. The highest BCUT2D eigenvalue weighted by Crippen LogP contribution is 2.20. The summed E-state index contributed by atoms with van der Waals surface area (Å²) in [7, 11) is -3.27. The second-order valence-electron chi connectivity index (χ2n) is 4.75. The zero-order valence-electron chi connectivity index (χ0n) is 11.6. The van der Waals surface area contributed by atoms with E-state index in [4.69, 9.17) is 0 Å². The topological polar surface area (TPSA) is 83.5 Å². The molecule has 0 saturated carbocycles. The van der Waals surface area contributed by atoms with E-state index in [0.29, 0.717) is 16.8 Å². The van der Waals surface area contributed by atoms with Gasteiger partial charge in [-0.3, -0.25) is 4.79 Å². The first-order valence-corrected chi connectivity index (χ1v) is 8.07. The minimum atomic E-state index is -3.27. The molecule has 2 rings (SSSR count). The average Bonchev–Trinajstić information content (AvgIpc) is 2.42. The Balaban J connectivity index is 2.18. The third-order valence-corrected chi connectivity index (χ3v) is 4.13. The first-order valence-electron chi connectivity index (χ1n) is 6.18. The Labute approximate surface area is 123 Å². The molecule has 0 aliphatic rings. The van der Waals surface area contributed by atoms with Crippen LogP contribution in [-0.4, -0.2) is 25.7 Å². The second kappa shape index (κ2) is 5.57. The van der Waals surface area contributed by atoms with E-state index < -0.39 is 9.84 Å². The standard InChI is InChI=1S/C15H15NO4S/c1-10-9-12(5-8-14(10)17)16-15(18)11-3-6-13(7-4-11)21(2,19)20/h3-9,17H,1-2H3,(H,16,18). The largest absolute Gasteiger partial charge is 0.508 e. The van der Waals surface area contributed by atoms with Crippen molar-refractivity contribution in [3.63, 3.8) is 0 Å². The third-order valence-electron chi connectivity index (χ3n) is 3.00. The number of anilines is 1. The van der Waals surface area contributed by atoms with Crippen molar-refractivity contribution in [2.24, 2.45) is 0 Å². The monoisotopic (exact) mass is 305 g/mol. The lowest BCUT2D eigenvalue weighted by Crippen LogP contribution is -2.12. The molecule has 110 valence electrons. The van der Waals surface area contributed by atoms with Crippen LogP contribution in [0.2, 0.25) is 0 Å². The van der Waals surface area contributed by atoms with Gasteiger partial charge in [0.1, 0.15) is 5.75 Å². The van der Waals surface area contributed by atoms with Gasteiger partial charge in [-0.15, -0.1) is 0 Å². The van der Waals surface area contributed by atoms with Crippen molar-refractivity contribution in [2.75, 3.05) is 11.6 Å². The number of hydrogen-bond acceptors (Lipinski definition) is 4. The van der Waals surface area contributed by atoms with Gasteiger partial charge in [0.05, 0.1) is 4.90 Å². The Hall–Kier alpha value is -2.34. The molecule has 0 aliphatic carbocycles. The molecule has 2 N–H and O–H groups in total. The fourth-order valence-electron chi connectivity index (χ4n) is 1.79. The fourth-order valence-corrected chi connectivity index (χ4v) is 2.42. The molecule has 2 aromatic carbocycles. The molecule has 21 heavy (non-hydrogen) atoms. The first-order chi connectivity index (χ1) is 9.77. The van der Waals surface area contributed by atoms with E-state index >= 15 is 0 Å². The second-order valence-corrected chi connectivity index (χ2v) is 6.77. The van der Waals surface area contributed by atoms with Crippen molar-refractivity contribution >= 4 is 21.4 Å². The summed E-state index contributed by atoms with van der Waals surface area (Å²) < 4.78 is 22.7. The molecule has 0 bridgehead atoms. The number of nitrogens with one attached hydrogen (secondary N) is 1. The van der Waals surface area contributed by atoms with Crippen LogP contribution in [0.3, 0.4) is 0 Å². The summed E-state index contributed by atoms with van der Waals surface area (Å²) >= 11 is 0. The zero-order valence-corrected chi connectivity index (χ0v) is 12.4. The van der Waals surface area contributed by atoms with Crippen LogP contribution in [0.4, 0.5) is 5.69 Å². The van der Waals surface area contributed by atoms with Gasteiger partial charge in [-0.05, 0) is 55.0 Å². The number of rotatable bonds is 3. The molecule has 0 spiro atoms. The number of aryl methyl sites for hydroxylation is 1. The normalized spacial score (nSPS) is 11.1. The molecule has 5 nitrogen and oxygen atoms in total. The Kier molecular flexibility index (Phi) is 3.99. The van der Waals surface area contributed by atoms with Crippen molar-refractivity contribution < 1.29 is 18.3 Å². The average molecular weight is 305 g/mol. The van der Waals surface area contributed by atoms with Gasteiger partial charge in [0.15, 0.2) is 9.84 Å². The minimum Gasteiger partial charge on any atom is -0.508 e. The van der Waals surface area contributed by atoms with Gasteiger partial charge < -0.3 is 10.4 Å². The number of phenolic OH excluding ortho intramolecular Hbond substituents is 1. The van der Waals surface area contributed by atoms with Crippen LogP contribution in [0.5, 0.6) is 5.75 Å². The van der Waals surface area contributed by atoms with Crippen LogP contribution in [0.1, 0.15) is 15.9 Å². The maximum Gasteiger partial charge on any atom is 0.255 e. The van der Waals surface area contributed by atoms with Crippen molar-refractivity contribution in [2.45, 2.75) is 11.8 Å². The van der Waals surface area contributed by atoms with Crippen molar-refractivity contribution in [3.05, 3.63) is 53.6 Å². The lowest BCUT2D eigenvalue weighted by Gasteiger charge is -2.07. The molecule has 0 radical (unpaired) electrons. The molecule has 0 aromatic heterocycles. The Bertz CT molecular complexity index is 780. The number of amides is 1. The molecule has 0 aliphatic heterocycles. The molecule has 6 heteroatoms. The Morgan fingerprint density at radius 2 is 1.71 bits per heavy atom. The summed E-state index contributed by atoms with van der Waals surface area (Å²) in [6.45, 7) is 1.73. The molecule has 1 amide bonds. The highest BCUT2D eigenvalue weighted by Gasteiger charge is 2.10. The van der Waals surface area contributed by atoms with Crippen LogP contribution < -0.4 is 5.32 Å². The summed E-state index contributed by atoms with van der Waals surface area (Å²) in [6.07, 6.45) is 1.11. The van der Waals surface area contributed by atoms with Crippen molar-refractivity contribution in [1.29, 1.82) is 0 Å². The van der Waals surface area contributed by atoms with Crippen LogP contribution in [0.15, 0.2) is 47.4 Å². The van der Waals surface area contributed by atoms with Gasteiger partial charge in [-0.2, -0.15) is 0 Å². The number of benzene rings is 2. The maximum atomic E-state index is 12.0. The van der Waals surface area contributed by atoms with Crippen LogP contribution in [0.25, 0.3) is 0 Å². The van der Waals surface area contributed by atoms with E-state index in [1.165, 1.54) is 30.3 Å². The number of aromatic hydroxyl groups is 1. The summed E-state index contributed by atoms with van der Waals surface area (Å²) in [5.74, 6) is -0.189. The number of hydrogen-bond donors (Lipinski definition) is 2. The lowest BCUT2D eigenvalue weighted by molar-refractivity contribution is 0.102. The molecule has 0 atom stereocenters. The molecule has 0 unspecified atom stereocenters. The summed E-state index contributed by atoms with van der Waals surface area (Å²) in [5.41, 5.74) is 1.57. The van der Waals surface area contributed by atoms with Gasteiger partial charge in [-0.1, -0.05) is 0 Å². The first kappa shape index (κ1) is 15.1. The molecule has 0 fully saturated rings. The van der Waals surface area contributed by atoms with E-state index in [2.05, 4.69) is 5.32 Å². The fraction of sp³-hybridized carbons (Fsp3) is 0.133. The predicted octanol–water partition coefficient (Wildman–Crippen LogP) is 2.36. The van der Waals surface area contributed by atoms with Gasteiger partial charge in [-0.25, -0.2) is 8.42 Å². The minimum absolute atomic E-state index is 0.158.